The number of benzene rings is 5. The highest BCUT2D eigenvalue weighted by Gasteiger charge is 2.20. The van der Waals surface area contributed by atoms with Crippen molar-refractivity contribution in [2.45, 2.75) is 0 Å². The Kier molecular flexibility index (Phi) is 3.45. The standard InChI is InChI=1S/C28H15Cl2N/c29-19-8-6-18-12-24-21-11-9-20(30)15-26(21)31-25-13-17(16-4-2-1-3-5-16)7-10-22(25)27(28(24)31)23(18)14-19/h1-15H. The van der Waals surface area contributed by atoms with E-state index in [0.29, 0.717) is 0 Å². The first-order chi connectivity index (χ1) is 15.2. The summed E-state index contributed by atoms with van der Waals surface area (Å²) in [5.41, 5.74) is 5.96. The quantitative estimate of drug-likeness (QED) is 0.242. The Labute approximate surface area is 188 Å². The average molecular weight is 436 g/mol. The van der Waals surface area contributed by atoms with E-state index < -0.39 is 0 Å². The maximum atomic E-state index is 6.44. The molecule has 0 N–H and O–H groups in total. The second-order valence-electron chi connectivity index (χ2n) is 8.11. The number of hydrogen-bond acceptors (Lipinski definition) is 0. The van der Waals surface area contributed by atoms with Crippen molar-refractivity contribution in [3.8, 4) is 11.1 Å². The van der Waals surface area contributed by atoms with Gasteiger partial charge in [0, 0.05) is 31.6 Å². The molecule has 0 fully saturated rings. The molecule has 7 aromatic rings. The highest BCUT2D eigenvalue weighted by atomic mass is 35.5. The molecule has 2 heterocycles. The molecular formula is C28H15Cl2N. The minimum absolute atomic E-state index is 0.744. The first-order valence-electron chi connectivity index (χ1n) is 10.3. The van der Waals surface area contributed by atoms with Gasteiger partial charge in [-0.2, -0.15) is 0 Å². The Morgan fingerprint density at radius 1 is 0.516 bits per heavy atom. The van der Waals surface area contributed by atoms with Gasteiger partial charge in [-0.15, -0.1) is 0 Å². The largest absolute Gasteiger partial charge is 0.308 e. The van der Waals surface area contributed by atoms with Gasteiger partial charge in [0.2, 0.25) is 0 Å². The third-order valence-corrected chi connectivity index (χ3v) is 6.88. The third-order valence-electron chi connectivity index (χ3n) is 6.41. The number of halogens is 2. The number of rotatable bonds is 1. The van der Waals surface area contributed by atoms with E-state index in [1.54, 1.807) is 0 Å². The van der Waals surface area contributed by atoms with E-state index in [-0.39, 0.29) is 0 Å². The predicted molar refractivity (Wildman–Crippen MR) is 134 cm³/mol. The van der Waals surface area contributed by atoms with Gasteiger partial charge in [-0.05, 0) is 58.3 Å². The first kappa shape index (κ1) is 17.4. The van der Waals surface area contributed by atoms with Crippen LogP contribution in [0.25, 0.3) is 60.0 Å². The molecule has 0 saturated carbocycles. The molecule has 0 amide bonds. The van der Waals surface area contributed by atoms with E-state index in [0.717, 1.165) is 15.6 Å². The molecular weight excluding hydrogens is 421 g/mol. The van der Waals surface area contributed by atoms with Crippen molar-refractivity contribution in [3.05, 3.63) is 101 Å². The summed E-state index contributed by atoms with van der Waals surface area (Å²) in [5, 5.41) is 8.81. The van der Waals surface area contributed by atoms with Gasteiger partial charge >= 0.3 is 0 Å². The van der Waals surface area contributed by atoms with Crippen LogP contribution in [0.5, 0.6) is 0 Å². The zero-order valence-electron chi connectivity index (χ0n) is 16.4. The normalized spacial score (nSPS) is 12.2. The zero-order chi connectivity index (χ0) is 20.7. The van der Waals surface area contributed by atoms with Crippen LogP contribution in [0.4, 0.5) is 0 Å². The predicted octanol–water partition coefficient (Wildman–Crippen LogP) is 8.96. The topological polar surface area (TPSA) is 4.41 Å². The lowest BCUT2D eigenvalue weighted by Crippen LogP contribution is -1.82. The maximum Gasteiger partial charge on any atom is 0.0627 e. The van der Waals surface area contributed by atoms with Gasteiger partial charge in [-0.1, -0.05) is 77.8 Å². The molecule has 5 aromatic carbocycles. The van der Waals surface area contributed by atoms with Crippen molar-refractivity contribution >= 4 is 72.1 Å². The fourth-order valence-electron chi connectivity index (χ4n) is 5.09. The summed E-state index contributed by atoms with van der Waals surface area (Å²) in [7, 11) is 0. The minimum Gasteiger partial charge on any atom is -0.308 e. The Morgan fingerprint density at radius 3 is 2.13 bits per heavy atom. The summed E-state index contributed by atoms with van der Waals surface area (Å²) in [4.78, 5) is 0. The van der Waals surface area contributed by atoms with Crippen LogP contribution in [0.2, 0.25) is 10.0 Å². The van der Waals surface area contributed by atoms with Crippen molar-refractivity contribution in [1.82, 2.24) is 4.40 Å². The lowest BCUT2D eigenvalue weighted by atomic mass is 9.98. The van der Waals surface area contributed by atoms with E-state index in [9.17, 15) is 0 Å². The van der Waals surface area contributed by atoms with Crippen LogP contribution < -0.4 is 0 Å². The van der Waals surface area contributed by atoms with Crippen molar-refractivity contribution in [1.29, 1.82) is 0 Å². The lowest BCUT2D eigenvalue weighted by Gasteiger charge is -2.05. The molecule has 0 bridgehead atoms. The summed E-state index contributed by atoms with van der Waals surface area (Å²) in [6, 6.07) is 31.9. The van der Waals surface area contributed by atoms with Crippen LogP contribution in [0, 0.1) is 0 Å². The van der Waals surface area contributed by atoms with Crippen LogP contribution in [0.1, 0.15) is 0 Å². The van der Waals surface area contributed by atoms with Crippen LogP contribution in [-0.4, -0.2) is 4.40 Å². The first-order valence-corrected chi connectivity index (χ1v) is 11.0. The third kappa shape index (κ3) is 2.33. The molecule has 0 radical (unpaired) electrons. The Bertz CT molecular complexity index is 1800. The van der Waals surface area contributed by atoms with Crippen LogP contribution >= 0.6 is 23.2 Å². The van der Waals surface area contributed by atoms with Gasteiger partial charge < -0.3 is 4.40 Å². The molecule has 0 aliphatic rings. The SMILES string of the molecule is Clc1ccc2cc3c4ccc(Cl)cc4n4c5cc(-c6ccccc6)ccc5c(c2c1)c34. The summed E-state index contributed by atoms with van der Waals surface area (Å²) < 4.78 is 2.37. The van der Waals surface area contributed by atoms with Crippen LogP contribution in [-0.2, 0) is 0 Å². The summed E-state index contributed by atoms with van der Waals surface area (Å²) in [5.74, 6) is 0. The second kappa shape index (κ2) is 6.13. The number of aromatic nitrogens is 1. The summed E-state index contributed by atoms with van der Waals surface area (Å²) in [6.45, 7) is 0. The molecule has 0 atom stereocenters. The van der Waals surface area contributed by atoms with Gasteiger partial charge in [0.1, 0.15) is 0 Å². The molecule has 7 rings (SSSR count). The van der Waals surface area contributed by atoms with E-state index in [1.807, 2.05) is 18.2 Å². The van der Waals surface area contributed by atoms with E-state index in [4.69, 9.17) is 23.2 Å². The molecule has 0 aliphatic heterocycles. The summed E-state index contributed by atoms with van der Waals surface area (Å²) in [6.07, 6.45) is 0. The number of fused-ring (bicyclic) bond motifs is 8. The van der Waals surface area contributed by atoms with Crippen molar-refractivity contribution < 1.29 is 0 Å². The maximum absolute atomic E-state index is 6.44. The van der Waals surface area contributed by atoms with Gasteiger partial charge in [0.25, 0.3) is 0 Å². The molecule has 0 spiro atoms. The van der Waals surface area contributed by atoms with Crippen molar-refractivity contribution in [2.75, 3.05) is 0 Å². The van der Waals surface area contributed by atoms with Crippen molar-refractivity contribution in [3.63, 3.8) is 0 Å². The molecule has 2 aromatic heterocycles. The van der Waals surface area contributed by atoms with E-state index in [1.165, 1.54) is 54.5 Å². The average Bonchev–Trinajstić information content (AvgIpc) is 3.30. The molecule has 0 aliphatic carbocycles. The fourth-order valence-corrected chi connectivity index (χ4v) is 5.43. The zero-order valence-corrected chi connectivity index (χ0v) is 17.9. The molecule has 1 nitrogen and oxygen atoms in total. The monoisotopic (exact) mass is 435 g/mol. The minimum atomic E-state index is 0.744. The smallest absolute Gasteiger partial charge is 0.0627 e. The molecule has 3 heteroatoms. The van der Waals surface area contributed by atoms with Gasteiger partial charge in [0.15, 0.2) is 0 Å². The van der Waals surface area contributed by atoms with Crippen LogP contribution in [0.15, 0.2) is 91.0 Å². The Balaban J connectivity index is 1.77. The molecule has 31 heavy (non-hydrogen) atoms. The van der Waals surface area contributed by atoms with Crippen molar-refractivity contribution in [2.24, 2.45) is 0 Å². The number of hydrogen-bond donors (Lipinski definition) is 0. The van der Waals surface area contributed by atoms with Gasteiger partial charge in [-0.3, -0.25) is 0 Å². The molecule has 146 valence electrons. The summed E-state index contributed by atoms with van der Waals surface area (Å²) >= 11 is 12.9. The molecule has 0 saturated heterocycles. The molecule has 0 unspecified atom stereocenters. The van der Waals surface area contributed by atoms with Gasteiger partial charge in [0.05, 0.1) is 16.6 Å². The highest BCUT2D eigenvalue weighted by Crippen LogP contribution is 2.44. The Morgan fingerprint density at radius 2 is 1.26 bits per heavy atom. The van der Waals surface area contributed by atoms with Crippen LogP contribution in [0.3, 0.4) is 0 Å². The fraction of sp³-hybridized carbons (Fsp3) is 0. The van der Waals surface area contributed by atoms with Gasteiger partial charge in [-0.25, -0.2) is 0 Å². The second-order valence-corrected chi connectivity index (χ2v) is 8.98. The highest BCUT2D eigenvalue weighted by molar-refractivity contribution is 6.36. The van der Waals surface area contributed by atoms with E-state index >= 15 is 0 Å². The number of nitrogens with zero attached hydrogens (tertiary/aromatic N) is 1. The Hall–Kier alpha value is -3.26. The van der Waals surface area contributed by atoms with E-state index in [2.05, 4.69) is 77.2 Å². The lowest BCUT2D eigenvalue weighted by molar-refractivity contribution is 1.37.